The van der Waals surface area contributed by atoms with Gasteiger partial charge in [0.05, 0.1) is 43.8 Å². The minimum absolute atomic E-state index is 0.0644. The lowest BCUT2D eigenvalue weighted by atomic mass is 10.00. The minimum Gasteiger partial charge on any atom is -0.489 e. The maximum absolute atomic E-state index is 12.4. The molecule has 0 atom stereocenters. The van der Waals surface area contributed by atoms with Gasteiger partial charge in [0.25, 0.3) is 5.91 Å². The van der Waals surface area contributed by atoms with Gasteiger partial charge in [-0.1, -0.05) is 0 Å². The van der Waals surface area contributed by atoms with Gasteiger partial charge < -0.3 is 24.4 Å². The normalized spacial score (nSPS) is 16.1. The molecular formula is C21H24N4O5. The van der Waals surface area contributed by atoms with Gasteiger partial charge >= 0.3 is 5.97 Å². The second-order valence-electron chi connectivity index (χ2n) is 7.27. The Bertz CT molecular complexity index is 968. The third kappa shape index (κ3) is 3.62. The van der Waals surface area contributed by atoms with Crippen molar-refractivity contribution in [2.75, 3.05) is 32.2 Å². The summed E-state index contributed by atoms with van der Waals surface area (Å²) in [7, 11) is 2.89. The number of piperidine rings is 1. The number of nitrogens with one attached hydrogen (secondary N) is 1. The average molecular weight is 412 g/mol. The van der Waals surface area contributed by atoms with Crippen LogP contribution in [0.2, 0.25) is 0 Å². The van der Waals surface area contributed by atoms with Crippen molar-refractivity contribution in [1.82, 2.24) is 15.3 Å². The number of amides is 1. The molecule has 0 bridgehead atoms. The molecule has 1 N–H and O–H groups in total. The Labute approximate surface area is 174 Å². The lowest BCUT2D eigenvalue weighted by Gasteiger charge is -2.34. The minimum atomic E-state index is -0.519. The van der Waals surface area contributed by atoms with Crippen LogP contribution in [0.3, 0.4) is 0 Å². The SMILES string of the molecule is COC(=O)c1c(C)c(N2CCC(Oc3ccc(OC)nc3)CC2)nc2c1C(=O)NC2. The summed E-state index contributed by atoms with van der Waals surface area (Å²) < 4.78 is 16.0. The number of hydrogen-bond donors (Lipinski definition) is 1. The Kier molecular flexibility index (Phi) is 5.43. The van der Waals surface area contributed by atoms with Crippen LogP contribution in [0.15, 0.2) is 18.3 Å². The van der Waals surface area contributed by atoms with E-state index in [-0.39, 0.29) is 12.0 Å². The van der Waals surface area contributed by atoms with E-state index in [2.05, 4.69) is 15.2 Å². The van der Waals surface area contributed by atoms with Gasteiger partial charge in [-0.05, 0) is 13.0 Å². The highest BCUT2D eigenvalue weighted by molar-refractivity contribution is 6.09. The molecule has 30 heavy (non-hydrogen) atoms. The summed E-state index contributed by atoms with van der Waals surface area (Å²) in [5.41, 5.74) is 1.88. The Morgan fingerprint density at radius 1 is 1.23 bits per heavy atom. The van der Waals surface area contributed by atoms with Crippen LogP contribution in [0.5, 0.6) is 11.6 Å². The van der Waals surface area contributed by atoms with E-state index in [1.807, 2.05) is 13.0 Å². The van der Waals surface area contributed by atoms with E-state index in [9.17, 15) is 9.59 Å². The summed E-state index contributed by atoms with van der Waals surface area (Å²) in [5, 5.41) is 2.74. The molecule has 2 aromatic heterocycles. The topological polar surface area (TPSA) is 103 Å². The van der Waals surface area contributed by atoms with E-state index in [4.69, 9.17) is 19.2 Å². The molecule has 2 aromatic rings. The monoisotopic (exact) mass is 412 g/mol. The van der Waals surface area contributed by atoms with E-state index in [1.165, 1.54) is 7.11 Å². The summed E-state index contributed by atoms with van der Waals surface area (Å²) >= 11 is 0. The van der Waals surface area contributed by atoms with Crippen molar-refractivity contribution in [2.24, 2.45) is 0 Å². The number of pyridine rings is 2. The number of esters is 1. The van der Waals surface area contributed by atoms with Crippen LogP contribution in [0.4, 0.5) is 5.82 Å². The molecule has 1 saturated heterocycles. The standard InChI is InChI=1S/C21H24N4O5/c1-12-17(21(27)29-3)18-15(11-23-20(18)26)24-19(12)25-8-6-13(7-9-25)30-14-4-5-16(28-2)22-10-14/h4-5,10,13H,6-9,11H2,1-3H3,(H,23,26). The molecule has 0 aromatic carbocycles. The predicted octanol–water partition coefficient (Wildman–Crippen LogP) is 1.87. The van der Waals surface area contributed by atoms with Gasteiger partial charge in [-0.2, -0.15) is 0 Å². The molecule has 4 heterocycles. The van der Waals surface area contributed by atoms with Gasteiger partial charge in [0.2, 0.25) is 5.88 Å². The molecule has 4 rings (SSSR count). The third-order valence-electron chi connectivity index (χ3n) is 5.49. The van der Waals surface area contributed by atoms with Crippen LogP contribution in [0.1, 0.15) is 44.8 Å². The third-order valence-corrected chi connectivity index (χ3v) is 5.49. The number of nitrogens with zero attached hydrogens (tertiary/aromatic N) is 3. The molecule has 0 saturated carbocycles. The number of fused-ring (bicyclic) bond motifs is 1. The maximum atomic E-state index is 12.4. The van der Waals surface area contributed by atoms with Crippen LogP contribution in [-0.4, -0.2) is 55.3 Å². The highest BCUT2D eigenvalue weighted by Gasteiger charge is 2.33. The number of methoxy groups -OCH3 is 2. The van der Waals surface area contributed by atoms with Gasteiger partial charge in [0.15, 0.2) is 0 Å². The van der Waals surface area contributed by atoms with Gasteiger partial charge in [0, 0.05) is 37.6 Å². The average Bonchev–Trinajstić information content (AvgIpc) is 3.14. The number of carbonyl (C=O) groups is 2. The van der Waals surface area contributed by atoms with E-state index in [0.29, 0.717) is 40.6 Å². The molecule has 2 aliphatic heterocycles. The van der Waals surface area contributed by atoms with Crippen LogP contribution in [0, 0.1) is 6.92 Å². The fourth-order valence-corrected chi connectivity index (χ4v) is 3.94. The number of hydrogen-bond acceptors (Lipinski definition) is 8. The maximum Gasteiger partial charge on any atom is 0.339 e. The van der Waals surface area contributed by atoms with Crippen molar-refractivity contribution < 1.29 is 23.8 Å². The number of carbonyl (C=O) groups excluding carboxylic acids is 2. The molecule has 0 unspecified atom stereocenters. The molecule has 9 nitrogen and oxygen atoms in total. The van der Waals surface area contributed by atoms with E-state index < -0.39 is 5.97 Å². The van der Waals surface area contributed by atoms with Crippen molar-refractivity contribution in [2.45, 2.75) is 32.4 Å². The molecular weight excluding hydrogens is 388 g/mol. The van der Waals surface area contributed by atoms with Crippen LogP contribution in [-0.2, 0) is 11.3 Å². The lowest BCUT2D eigenvalue weighted by Crippen LogP contribution is -2.39. The molecule has 1 amide bonds. The lowest BCUT2D eigenvalue weighted by molar-refractivity contribution is 0.0596. The number of aromatic nitrogens is 2. The van der Waals surface area contributed by atoms with Crippen molar-refractivity contribution in [3.8, 4) is 11.6 Å². The predicted molar refractivity (Wildman–Crippen MR) is 108 cm³/mol. The summed E-state index contributed by atoms with van der Waals surface area (Å²) in [6.45, 7) is 3.58. The van der Waals surface area contributed by atoms with Gasteiger partial charge in [-0.15, -0.1) is 0 Å². The quantitative estimate of drug-likeness (QED) is 0.743. The first-order chi connectivity index (χ1) is 14.5. The Morgan fingerprint density at radius 3 is 2.63 bits per heavy atom. The van der Waals surface area contributed by atoms with Crippen molar-refractivity contribution in [1.29, 1.82) is 0 Å². The second-order valence-corrected chi connectivity index (χ2v) is 7.27. The summed E-state index contributed by atoms with van der Waals surface area (Å²) in [6, 6.07) is 3.61. The van der Waals surface area contributed by atoms with Crippen molar-refractivity contribution >= 4 is 17.7 Å². The Balaban J connectivity index is 1.50. The first-order valence-electron chi connectivity index (χ1n) is 9.83. The molecule has 0 radical (unpaired) electrons. The Hall–Kier alpha value is -3.36. The molecule has 0 aliphatic carbocycles. The molecule has 0 spiro atoms. The summed E-state index contributed by atoms with van der Waals surface area (Å²) in [6.07, 6.45) is 3.32. The molecule has 1 fully saturated rings. The first kappa shape index (κ1) is 19.9. The fraction of sp³-hybridized carbons (Fsp3) is 0.429. The van der Waals surface area contributed by atoms with Gasteiger partial charge in [-0.25, -0.2) is 14.8 Å². The molecule has 2 aliphatic rings. The van der Waals surface area contributed by atoms with Crippen LogP contribution < -0.4 is 19.7 Å². The number of anilines is 1. The van der Waals surface area contributed by atoms with Crippen molar-refractivity contribution in [3.63, 3.8) is 0 Å². The smallest absolute Gasteiger partial charge is 0.339 e. The van der Waals surface area contributed by atoms with E-state index >= 15 is 0 Å². The zero-order valence-electron chi connectivity index (χ0n) is 17.2. The molecule has 9 heteroatoms. The first-order valence-corrected chi connectivity index (χ1v) is 9.83. The Morgan fingerprint density at radius 2 is 2.00 bits per heavy atom. The number of rotatable bonds is 5. The van der Waals surface area contributed by atoms with E-state index in [0.717, 1.165) is 31.7 Å². The highest BCUT2D eigenvalue weighted by Crippen LogP contribution is 2.31. The van der Waals surface area contributed by atoms with Crippen LogP contribution >= 0.6 is 0 Å². The second kappa shape index (κ2) is 8.17. The highest BCUT2D eigenvalue weighted by atomic mass is 16.5. The summed E-state index contributed by atoms with van der Waals surface area (Å²) in [4.78, 5) is 35.6. The fourth-order valence-electron chi connectivity index (χ4n) is 3.94. The number of ether oxygens (including phenoxy) is 3. The largest absolute Gasteiger partial charge is 0.489 e. The zero-order chi connectivity index (χ0) is 21.3. The van der Waals surface area contributed by atoms with E-state index in [1.54, 1.807) is 19.4 Å². The summed E-state index contributed by atoms with van der Waals surface area (Å²) in [5.74, 6) is 1.17. The van der Waals surface area contributed by atoms with Gasteiger partial charge in [0.1, 0.15) is 17.7 Å². The van der Waals surface area contributed by atoms with Gasteiger partial charge in [-0.3, -0.25) is 4.79 Å². The zero-order valence-corrected chi connectivity index (χ0v) is 17.2. The van der Waals surface area contributed by atoms with Crippen LogP contribution in [0.25, 0.3) is 0 Å². The molecule has 158 valence electrons. The van der Waals surface area contributed by atoms with Crippen molar-refractivity contribution in [3.05, 3.63) is 40.7 Å².